The molecule has 1 fully saturated rings. The molecule has 3 atom stereocenters. The topological polar surface area (TPSA) is 52.5 Å². The molecule has 3 N–H and O–H groups in total. The Bertz CT molecular complexity index is 464. The van der Waals surface area contributed by atoms with Gasteiger partial charge in [-0.1, -0.05) is 12.1 Å². The summed E-state index contributed by atoms with van der Waals surface area (Å²) in [6, 6.07) is 4.75. The van der Waals surface area contributed by atoms with Gasteiger partial charge >= 0.3 is 6.18 Å². The molecule has 2 rings (SSSR count). The number of aliphatic hydroxyl groups excluding tert-OH is 2. The van der Waals surface area contributed by atoms with E-state index in [1.54, 1.807) is 0 Å². The number of aliphatic hydroxyl groups is 2. The van der Waals surface area contributed by atoms with Crippen molar-refractivity contribution in [3.63, 3.8) is 0 Å². The second-order valence-corrected chi connectivity index (χ2v) is 5.63. The first kappa shape index (κ1) is 16.3. The monoisotopic (exact) mass is 303 g/mol. The van der Waals surface area contributed by atoms with Gasteiger partial charge in [-0.2, -0.15) is 13.2 Å². The SMILES string of the molecule is OC1CCC(CNCC(O)c2cccc(C(F)(F)F)c2)C1. The summed E-state index contributed by atoms with van der Waals surface area (Å²) in [4.78, 5) is 0. The van der Waals surface area contributed by atoms with Crippen LogP contribution in [0.1, 0.15) is 36.5 Å². The summed E-state index contributed by atoms with van der Waals surface area (Å²) in [5, 5.41) is 22.4. The van der Waals surface area contributed by atoms with Crippen LogP contribution in [-0.2, 0) is 6.18 Å². The zero-order chi connectivity index (χ0) is 15.5. The molecule has 6 heteroatoms. The number of nitrogens with one attached hydrogen (secondary N) is 1. The van der Waals surface area contributed by atoms with E-state index in [1.165, 1.54) is 12.1 Å². The van der Waals surface area contributed by atoms with Gasteiger partial charge in [0.05, 0.1) is 17.8 Å². The first-order valence-electron chi connectivity index (χ1n) is 7.10. The Morgan fingerprint density at radius 2 is 2.05 bits per heavy atom. The summed E-state index contributed by atoms with van der Waals surface area (Å²) in [6.07, 6.45) is -3.14. The van der Waals surface area contributed by atoms with Crippen molar-refractivity contribution in [2.24, 2.45) is 5.92 Å². The Labute approximate surface area is 121 Å². The van der Waals surface area contributed by atoms with E-state index in [2.05, 4.69) is 5.32 Å². The molecule has 1 saturated carbocycles. The summed E-state index contributed by atoms with van der Waals surface area (Å²) in [7, 11) is 0. The molecule has 3 nitrogen and oxygen atoms in total. The van der Waals surface area contributed by atoms with Crippen molar-refractivity contribution < 1.29 is 23.4 Å². The predicted octanol–water partition coefficient (Wildman–Crippen LogP) is 2.49. The third kappa shape index (κ3) is 4.69. The van der Waals surface area contributed by atoms with E-state index >= 15 is 0 Å². The van der Waals surface area contributed by atoms with Gasteiger partial charge in [-0.3, -0.25) is 0 Å². The second-order valence-electron chi connectivity index (χ2n) is 5.63. The highest BCUT2D eigenvalue weighted by atomic mass is 19.4. The van der Waals surface area contributed by atoms with E-state index in [9.17, 15) is 23.4 Å². The molecule has 1 aromatic rings. The molecule has 0 amide bonds. The Morgan fingerprint density at radius 3 is 2.67 bits per heavy atom. The van der Waals surface area contributed by atoms with Crippen LogP contribution in [0.25, 0.3) is 0 Å². The van der Waals surface area contributed by atoms with Crippen LogP contribution in [0, 0.1) is 5.92 Å². The zero-order valence-corrected chi connectivity index (χ0v) is 11.6. The van der Waals surface area contributed by atoms with Crippen molar-refractivity contribution in [1.29, 1.82) is 0 Å². The van der Waals surface area contributed by atoms with Crippen LogP contribution >= 0.6 is 0 Å². The Kier molecular flexibility index (Phi) is 5.24. The van der Waals surface area contributed by atoms with Crippen LogP contribution in [-0.4, -0.2) is 29.4 Å². The van der Waals surface area contributed by atoms with Gasteiger partial charge in [-0.15, -0.1) is 0 Å². The maximum atomic E-state index is 12.6. The summed E-state index contributed by atoms with van der Waals surface area (Å²) in [6.45, 7) is 0.862. The van der Waals surface area contributed by atoms with E-state index in [4.69, 9.17) is 0 Å². The average Bonchev–Trinajstić information content (AvgIpc) is 2.83. The lowest BCUT2D eigenvalue weighted by atomic mass is 10.0. The molecule has 1 aliphatic carbocycles. The van der Waals surface area contributed by atoms with Crippen LogP contribution in [0.2, 0.25) is 0 Å². The standard InChI is InChI=1S/C15H20F3NO2/c16-15(17,18)12-3-1-2-11(7-12)14(21)9-19-8-10-4-5-13(20)6-10/h1-3,7,10,13-14,19-21H,4-6,8-9H2. The lowest BCUT2D eigenvalue weighted by Gasteiger charge is -2.16. The van der Waals surface area contributed by atoms with Crippen molar-refractivity contribution in [1.82, 2.24) is 5.32 Å². The summed E-state index contributed by atoms with van der Waals surface area (Å²) in [5.74, 6) is 0.369. The van der Waals surface area contributed by atoms with Gasteiger partial charge in [0.1, 0.15) is 0 Å². The fourth-order valence-electron chi connectivity index (χ4n) is 2.70. The lowest BCUT2D eigenvalue weighted by molar-refractivity contribution is -0.137. The molecule has 0 saturated heterocycles. The fourth-order valence-corrected chi connectivity index (χ4v) is 2.70. The van der Waals surface area contributed by atoms with Gasteiger partial charge < -0.3 is 15.5 Å². The maximum Gasteiger partial charge on any atom is 0.416 e. The van der Waals surface area contributed by atoms with Crippen LogP contribution in [0.15, 0.2) is 24.3 Å². The number of benzene rings is 1. The fraction of sp³-hybridized carbons (Fsp3) is 0.600. The second kappa shape index (κ2) is 6.77. The van der Waals surface area contributed by atoms with Crippen LogP contribution in [0.3, 0.4) is 0 Å². The molecular formula is C15H20F3NO2. The molecule has 0 bridgehead atoms. The number of rotatable bonds is 5. The van der Waals surface area contributed by atoms with Gasteiger partial charge in [-0.05, 0) is 49.4 Å². The zero-order valence-electron chi connectivity index (χ0n) is 11.6. The quantitative estimate of drug-likeness (QED) is 0.783. The van der Waals surface area contributed by atoms with Gasteiger partial charge in [-0.25, -0.2) is 0 Å². The van der Waals surface area contributed by atoms with Gasteiger partial charge in [0.25, 0.3) is 0 Å². The molecule has 0 radical (unpaired) electrons. The largest absolute Gasteiger partial charge is 0.416 e. The molecule has 1 aliphatic rings. The average molecular weight is 303 g/mol. The molecule has 3 unspecified atom stereocenters. The third-order valence-electron chi connectivity index (χ3n) is 3.88. The summed E-state index contributed by atoms with van der Waals surface area (Å²) in [5.41, 5.74) is -0.498. The van der Waals surface area contributed by atoms with Crippen LogP contribution in [0.4, 0.5) is 13.2 Å². The molecule has 118 valence electrons. The number of hydrogen-bond acceptors (Lipinski definition) is 3. The summed E-state index contributed by atoms with van der Waals surface area (Å²) >= 11 is 0. The van der Waals surface area contributed by atoms with Crippen molar-refractivity contribution in [2.45, 2.75) is 37.6 Å². The molecule has 0 aliphatic heterocycles. The molecular weight excluding hydrogens is 283 g/mol. The Morgan fingerprint density at radius 1 is 1.29 bits per heavy atom. The van der Waals surface area contributed by atoms with Crippen LogP contribution in [0.5, 0.6) is 0 Å². The Balaban J connectivity index is 1.84. The molecule has 0 heterocycles. The highest BCUT2D eigenvalue weighted by Gasteiger charge is 2.30. The normalized spacial score (nSPS) is 24.2. The van der Waals surface area contributed by atoms with E-state index in [0.717, 1.165) is 31.4 Å². The molecule has 0 spiro atoms. The minimum Gasteiger partial charge on any atom is -0.393 e. The first-order chi connectivity index (χ1) is 9.86. The van der Waals surface area contributed by atoms with Gasteiger partial charge in [0, 0.05) is 6.54 Å². The Hall–Kier alpha value is -1.11. The van der Waals surface area contributed by atoms with Gasteiger partial charge in [0.15, 0.2) is 0 Å². The van der Waals surface area contributed by atoms with E-state index in [1.807, 2.05) is 0 Å². The van der Waals surface area contributed by atoms with E-state index in [0.29, 0.717) is 12.5 Å². The predicted molar refractivity (Wildman–Crippen MR) is 72.6 cm³/mol. The molecule has 21 heavy (non-hydrogen) atoms. The lowest BCUT2D eigenvalue weighted by Crippen LogP contribution is -2.26. The highest BCUT2D eigenvalue weighted by Crippen LogP contribution is 2.30. The number of halogens is 3. The first-order valence-corrected chi connectivity index (χ1v) is 7.10. The third-order valence-corrected chi connectivity index (χ3v) is 3.88. The smallest absolute Gasteiger partial charge is 0.393 e. The van der Waals surface area contributed by atoms with Crippen molar-refractivity contribution in [3.05, 3.63) is 35.4 Å². The van der Waals surface area contributed by atoms with E-state index < -0.39 is 17.8 Å². The van der Waals surface area contributed by atoms with Crippen LogP contribution < -0.4 is 5.32 Å². The van der Waals surface area contributed by atoms with Crippen molar-refractivity contribution in [3.8, 4) is 0 Å². The van der Waals surface area contributed by atoms with Gasteiger partial charge in [0.2, 0.25) is 0 Å². The highest BCUT2D eigenvalue weighted by molar-refractivity contribution is 5.27. The number of hydrogen-bond donors (Lipinski definition) is 3. The minimum atomic E-state index is -4.40. The minimum absolute atomic E-state index is 0.202. The summed E-state index contributed by atoms with van der Waals surface area (Å²) < 4.78 is 37.8. The van der Waals surface area contributed by atoms with E-state index in [-0.39, 0.29) is 18.2 Å². The molecule has 0 aromatic heterocycles. The van der Waals surface area contributed by atoms with Crippen molar-refractivity contribution >= 4 is 0 Å². The maximum absolute atomic E-state index is 12.6. The number of alkyl halides is 3. The van der Waals surface area contributed by atoms with Crippen molar-refractivity contribution in [2.75, 3.05) is 13.1 Å². The molecule has 1 aromatic carbocycles.